The standard InChI is InChI=1S/C19H17N5O/c20-12-14-1-6-18-15(11-14)13-21-19(23-18)22-16-2-4-17(5-3-16)24-7-9-25-10-8-24/h1-6,11,13H,7-10H2,(H,21,22,23). The molecule has 2 heterocycles. The van der Waals surface area contributed by atoms with Crippen molar-refractivity contribution < 1.29 is 4.74 Å². The number of fused-ring (bicyclic) bond motifs is 1. The SMILES string of the molecule is N#Cc1ccc2nc(Nc3ccc(N4CCOCC4)cc3)ncc2c1. The first-order valence-electron chi connectivity index (χ1n) is 8.18. The molecule has 2 aromatic carbocycles. The lowest BCUT2D eigenvalue weighted by molar-refractivity contribution is 0.122. The number of anilines is 3. The van der Waals surface area contributed by atoms with Crippen molar-refractivity contribution in [2.45, 2.75) is 0 Å². The Morgan fingerprint density at radius 3 is 2.64 bits per heavy atom. The lowest BCUT2D eigenvalue weighted by Gasteiger charge is -2.28. The Balaban J connectivity index is 1.51. The van der Waals surface area contributed by atoms with Gasteiger partial charge >= 0.3 is 0 Å². The van der Waals surface area contributed by atoms with Crippen LogP contribution >= 0.6 is 0 Å². The van der Waals surface area contributed by atoms with Crippen molar-refractivity contribution in [2.24, 2.45) is 0 Å². The van der Waals surface area contributed by atoms with Gasteiger partial charge in [-0.3, -0.25) is 0 Å². The second kappa shape index (κ2) is 6.75. The van der Waals surface area contributed by atoms with Crippen molar-refractivity contribution in [3.8, 4) is 6.07 Å². The van der Waals surface area contributed by atoms with E-state index in [4.69, 9.17) is 10.00 Å². The Hall–Kier alpha value is -3.17. The summed E-state index contributed by atoms with van der Waals surface area (Å²) in [5, 5.41) is 13.0. The first-order valence-corrected chi connectivity index (χ1v) is 8.18. The second-order valence-electron chi connectivity index (χ2n) is 5.85. The number of hydrogen-bond donors (Lipinski definition) is 1. The lowest BCUT2D eigenvalue weighted by Crippen LogP contribution is -2.36. The predicted molar refractivity (Wildman–Crippen MR) is 97.0 cm³/mol. The summed E-state index contributed by atoms with van der Waals surface area (Å²) in [5.74, 6) is 0.538. The van der Waals surface area contributed by atoms with E-state index in [9.17, 15) is 0 Å². The molecule has 0 aliphatic carbocycles. The van der Waals surface area contributed by atoms with Crippen molar-refractivity contribution in [3.63, 3.8) is 0 Å². The van der Waals surface area contributed by atoms with Crippen LogP contribution in [0.3, 0.4) is 0 Å². The topological polar surface area (TPSA) is 74.1 Å². The summed E-state index contributed by atoms with van der Waals surface area (Å²) in [5.41, 5.74) is 3.54. The van der Waals surface area contributed by atoms with Gasteiger partial charge in [0.15, 0.2) is 0 Å². The molecule has 25 heavy (non-hydrogen) atoms. The van der Waals surface area contributed by atoms with Crippen molar-refractivity contribution in [3.05, 3.63) is 54.2 Å². The zero-order valence-corrected chi connectivity index (χ0v) is 13.6. The van der Waals surface area contributed by atoms with Crippen LogP contribution in [-0.4, -0.2) is 36.3 Å². The first kappa shape index (κ1) is 15.4. The molecule has 3 aromatic rings. The minimum atomic E-state index is 0.538. The summed E-state index contributed by atoms with van der Waals surface area (Å²) < 4.78 is 5.39. The summed E-state index contributed by atoms with van der Waals surface area (Å²) in [6.45, 7) is 3.40. The molecule has 1 aliphatic heterocycles. The number of hydrogen-bond acceptors (Lipinski definition) is 6. The molecule has 0 spiro atoms. The largest absolute Gasteiger partial charge is 0.378 e. The number of aromatic nitrogens is 2. The third-order valence-corrected chi connectivity index (χ3v) is 4.21. The molecule has 0 radical (unpaired) electrons. The molecule has 1 N–H and O–H groups in total. The van der Waals surface area contributed by atoms with E-state index >= 15 is 0 Å². The van der Waals surface area contributed by atoms with Gasteiger partial charge in [-0.1, -0.05) is 0 Å². The van der Waals surface area contributed by atoms with Crippen LogP contribution in [-0.2, 0) is 4.74 Å². The zero-order valence-electron chi connectivity index (χ0n) is 13.6. The molecule has 124 valence electrons. The van der Waals surface area contributed by atoms with Crippen molar-refractivity contribution in [2.75, 3.05) is 36.5 Å². The quantitative estimate of drug-likeness (QED) is 0.795. The highest BCUT2D eigenvalue weighted by molar-refractivity contribution is 5.80. The first-order chi connectivity index (χ1) is 12.3. The molecule has 1 fully saturated rings. The van der Waals surface area contributed by atoms with E-state index in [0.717, 1.165) is 42.9 Å². The molecule has 1 aromatic heterocycles. The number of benzene rings is 2. The molecule has 0 atom stereocenters. The van der Waals surface area contributed by atoms with Gasteiger partial charge < -0.3 is 15.0 Å². The average molecular weight is 331 g/mol. The summed E-state index contributed by atoms with van der Waals surface area (Å²) in [6.07, 6.45) is 1.73. The number of ether oxygens (including phenoxy) is 1. The maximum Gasteiger partial charge on any atom is 0.227 e. The molecular formula is C19H17N5O. The third kappa shape index (κ3) is 3.37. The molecule has 1 saturated heterocycles. The number of nitriles is 1. The normalized spacial score (nSPS) is 14.3. The van der Waals surface area contributed by atoms with Gasteiger partial charge in [-0.25, -0.2) is 9.97 Å². The molecule has 6 heteroatoms. The minimum Gasteiger partial charge on any atom is -0.378 e. The Kier molecular flexibility index (Phi) is 4.15. The predicted octanol–water partition coefficient (Wildman–Crippen LogP) is 3.08. The summed E-state index contributed by atoms with van der Waals surface area (Å²) >= 11 is 0. The van der Waals surface area contributed by atoms with Gasteiger partial charge in [0.05, 0.1) is 30.4 Å². The molecule has 0 amide bonds. The van der Waals surface area contributed by atoms with Crippen LogP contribution in [0.15, 0.2) is 48.7 Å². The third-order valence-electron chi connectivity index (χ3n) is 4.21. The van der Waals surface area contributed by atoms with Gasteiger partial charge in [0.2, 0.25) is 5.95 Å². The van der Waals surface area contributed by atoms with Crippen LogP contribution in [0.1, 0.15) is 5.56 Å². The van der Waals surface area contributed by atoms with Crippen LogP contribution in [0.5, 0.6) is 0 Å². The average Bonchev–Trinajstić information content (AvgIpc) is 2.69. The van der Waals surface area contributed by atoms with Gasteiger partial charge in [-0.2, -0.15) is 5.26 Å². The van der Waals surface area contributed by atoms with Crippen LogP contribution in [0, 0.1) is 11.3 Å². The molecular weight excluding hydrogens is 314 g/mol. The van der Waals surface area contributed by atoms with Crippen molar-refractivity contribution in [1.82, 2.24) is 9.97 Å². The van der Waals surface area contributed by atoms with Crippen molar-refractivity contribution in [1.29, 1.82) is 5.26 Å². The van der Waals surface area contributed by atoms with E-state index in [2.05, 4.69) is 38.4 Å². The molecule has 0 unspecified atom stereocenters. The molecule has 0 bridgehead atoms. The van der Waals surface area contributed by atoms with E-state index in [1.807, 2.05) is 18.2 Å². The smallest absolute Gasteiger partial charge is 0.227 e. The number of rotatable bonds is 3. The van der Waals surface area contributed by atoms with Gasteiger partial charge in [-0.15, -0.1) is 0 Å². The van der Waals surface area contributed by atoms with Crippen molar-refractivity contribution >= 4 is 28.2 Å². The Morgan fingerprint density at radius 2 is 1.88 bits per heavy atom. The van der Waals surface area contributed by atoms with Crippen LogP contribution < -0.4 is 10.2 Å². The fourth-order valence-corrected chi connectivity index (χ4v) is 2.87. The highest BCUT2D eigenvalue weighted by atomic mass is 16.5. The van der Waals surface area contributed by atoms with E-state index in [1.165, 1.54) is 5.69 Å². The molecule has 1 aliphatic rings. The Bertz CT molecular complexity index is 927. The Labute approximate surface area is 145 Å². The maximum atomic E-state index is 8.95. The fourth-order valence-electron chi connectivity index (χ4n) is 2.87. The van der Waals surface area contributed by atoms with Gasteiger partial charge in [0.1, 0.15) is 0 Å². The maximum absolute atomic E-state index is 8.95. The molecule has 6 nitrogen and oxygen atoms in total. The molecule has 0 saturated carbocycles. The fraction of sp³-hybridized carbons (Fsp3) is 0.211. The highest BCUT2D eigenvalue weighted by Crippen LogP contribution is 2.21. The second-order valence-corrected chi connectivity index (χ2v) is 5.85. The van der Waals surface area contributed by atoms with E-state index < -0.39 is 0 Å². The number of nitrogens with zero attached hydrogens (tertiary/aromatic N) is 4. The van der Waals surface area contributed by atoms with Gasteiger partial charge in [0, 0.05) is 36.0 Å². The van der Waals surface area contributed by atoms with E-state index in [0.29, 0.717) is 11.5 Å². The lowest BCUT2D eigenvalue weighted by atomic mass is 10.2. The minimum absolute atomic E-state index is 0.538. The van der Waals surface area contributed by atoms with E-state index in [-0.39, 0.29) is 0 Å². The monoisotopic (exact) mass is 331 g/mol. The van der Waals surface area contributed by atoms with Crippen LogP contribution in [0.25, 0.3) is 10.9 Å². The Morgan fingerprint density at radius 1 is 1.08 bits per heavy atom. The summed E-state index contributed by atoms with van der Waals surface area (Å²) in [6, 6.07) is 15.7. The number of morpholine rings is 1. The molecule has 4 rings (SSSR count). The number of nitrogens with one attached hydrogen (secondary N) is 1. The van der Waals surface area contributed by atoms with Gasteiger partial charge in [-0.05, 0) is 42.5 Å². The van der Waals surface area contributed by atoms with Gasteiger partial charge in [0.25, 0.3) is 0 Å². The van der Waals surface area contributed by atoms with Crippen LogP contribution in [0.2, 0.25) is 0 Å². The zero-order chi connectivity index (χ0) is 17.1. The highest BCUT2D eigenvalue weighted by Gasteiger charge is 2.11. The van der Waals surface area contributed by atoms with E-state index in [1.54, 1.807) is 18.3 Å². The summed E-state index contributed by atoms with van der Waals surface area (Å²) in [4.78, 5) is 11.1. The van der Waals surface area contributed by atoms with Crippen LogP contribution in [0.4, 0.5) is 17.3 Å². The summed E-state index contributed by atoms with van der Waals surface area (Å²) in [7, 11) is 0.